The highest BCUT2D eigenvalue weighted by Gasteiger charge is 2.29. The molecule has 0 unspecified atom stereocenters. The first kappa shape index (κ1) is 7.17. The third kappa shape index (κ3) is 1.03. The number of hydrogen-bond donors (Lipinski definition) is 1. The Labute approximate surface area is 71.4 Å². The number of carbonyl (C=O) groups excluding carboxylic acids is 2. The maximum absolute atomic E-state index is 11.0. The fourth-order valence-electron chi connectivity index (χ4n) is 0.887. The molecule has 7 heteroatoms. The molecule has 0 saturated carbocycles. The van der Waals surface area contributed by atoms with Crippen molar-refractivity contribution in [3.63, 3.8) is 0 Å². The zero-order chi connectivity index (χ0) is 8.55. The van der Waals surface area contributed by atoms with Crippen LogP contribution in [0.3, 0.4) is 0 Å². The largest absolute Gasteiger partial charge is 0.331 e. The molecule has 0 atom stereocenters. The molecular formula is C5H4N4O2S. The molecular weight excluding hydrogens is 180 g/mol. The second-order valence-corrected chi connectivity index (χ2v) is 2.77. The molecule has 1 N–H and O–H groups in total. The maximum Gasteiger partial charge on any atom is 0.331 e. The molecule has 3 amide bonds. The summed E-state index contributed by atoms with van der Waals surface area (Å²) in [6.45, 7) is 0.00949. The maximum atomic E-state index is 11.0. The second-order valence-electron chi connectivity index (χ2n) is 2.17. The zero-order valence-electron chi connectivity index (χ0n) is 5.85. The van der Waals surface area contributed by atoms with Gasteiger partial charge in [0.2, 0.25) is 11.9 Å². The number of carbonyl (C=O) groups is 2. The third-order valence-corrected chi connectivity index (χ3v) is 1.85. The second kappa shape index (κ2) is 2.52. The zero-order valence-corrected chi connectivity index (χ0v) is 6.67. The molecule has 0 aromatic carbocycles. The summed E-state index contributed by atoms with van der Waals surface area (Å²) in [5.41, 5.74) is 1.51. The number of aromatic nitrogens is 2. The molecule has 2 heterocycles. The molecule has 2 rings (SSSR count). The Morgan fingerprint density at radius 3 is 2.92 bits per heavy atom. The van der Waals surface area contributed by atoms with E-state index in [0.29, 0.717) is 0 Å². The van der Waals surface area contributed by atoms with Crippen molar-refractivity contribution in [2.75, 3.05) is 11.4 Å². The Balaban J connectivity index is 2.26. The van der Waals surface area contributed by atoms with Gasteiger partial charge >= 0.3 is 6.03 Å². The van der Waals surface area contributed by atoms with Crippen molar-refractivity contribution in [1.82, 2.24) is 14.7 Å². The van der Waals surface area contributed by atoms with Crippen LogP contribution >= 0.6 is 11.5 Å². The predicted molar refractivity (Wildman–Crippen MR) is 40.8 cm³/mol. The molecule has 62 valence electrons. The van der Waals surface area contributed by atoms with Gasteiger partial charge in [-0.05, 0) is 11.5 Å². The van der Waals surface area contributed by atoms with Gasteiger partial charge in [-0.3, -0.25) is 15.0 Å². The lowest BCUT2D eigenvalue weighted by molar-refractivity contribution is -0.117. The molecule has 12 heavy (non-hydrogen) atoms. The van der Waals surface area contributed by atoms with E-state index >= 15 is 0 Å². The minimum atomic E-state index is -0.460. The Morgan fingerprint density at radius 2 is 2.42 bits per heavy atom. The summed E-state index contributed by atoms with van der Waals surface area (Å²) in [4.78, 5) is 26.7. The van der Waals surface area contributed by atoms with Crippen LogP contribution in [0.15, 0.2) is 5.51 Å². The summed E-state index contributed by atoms with van der Waals surface area (Å²) < 4.78 is 3.83. The van der Waals surface area contributed by atoms with Crippen molar-refractivity contribution in [3.05, 3.63) is 5.51 Å². The topological polar surface area (TPSA) is 75.2 Å². The molecule has 1 saturated heterocycles. The van der Waals surface area contributed by atoms with E-state index in [2.05, 4.69) is 14.7 Å². The highest BCUT2D eigenvalue weighted by Crippen LogP contribution is 2.11. The van der Waals surface area contributed by atoms with Crippen LogP contribution in [-0.4, -0.2) is 27.8 Å². The van der Waals surface area contributed by atoms with E-state index < -0.39 is 6.03 Å². The van der Waals surface area contributed by atoms with Crippen LogP contribution in [0.4, 0.5) is 10.7 Å². The molecule has 0 bridgehead atoms. The van der Waals surface area contributed by atoms with Crippen LogP contribution in [0.1, 0.15) is 0 Å². The summed E-state index contributed by atoms with van der Waals surface area (Å²) in [6.07, 6.45) is 0. The number of urea groups is 1. The van der Waals surface area contributed by atoms with Crippen molar-refractivity contribution >= 4 is 29.4 Å². The van der Waals surface area contributed by atoms with Crippen molar-refractivity contribution in [3.8, 4) is 0 Å². The first-order chi connectivity index (χ1) is 5.77. The van der Waals surface area contributed by atoms with E-state index in [1.54, 1.807) is 0 Å². The van der Waals surface area contributed by atoms with Gasteiger partial charge in [-0.1, -0.05) is 0 Å². The Bertz CT molecular complexity index is 322. The van der Waals surface area contributed by atoms with Gasteiger partial charge < -0.3 is 0 Å². The van der Waals surface area contributed by atoms with E-state index in [1.165, 1.54) is 10.4 Å². The van der Waals surface area contributed by atoms with Crippen LogP contribution in [-0.2, 0) is 4.79 Å². The van der Waals surface area contributed by atoms with E-state index in [-0.39, 0.29) is 18.4 Å². The number of rotatable bonds is 1. The van der Waals surface area contributed by atoms with Crippen molar-refractivity contribution in [1.29, 1.82) is 0 Å². The number of amides is 3. The smallest absolute Gasteiger partial charge is 0.276 e. The Kier molecular flexibility index (Phi) is 1.51. The van der Waals surface area contributed by atoms with Gasteiger partial charge in [-0.15, -0.1) is 0 Å². The molecule has 1 aromatic heterocycles. The van der Waals surface area contributed by atoms with Crippen LogP contribution in [0.5, 0.6) is 0 Å². The average Bonchev–Trinajstić information content (AvgIpc) is 2.58. The van der Waals surface area contributed by atoms with E-state index in [4.69, 9.17) is 0 Å². The standard InChI is InChI=1S/C5H4N4O2S/c10-3-1-9(5(11)7-3)4-6-2-12-8-4/h2H,1H2,(H,7,10,11). The minimum Gasteiger partial charge on any atom is -0.276 e. The highest BCUT2D eigenvalue weighted by atomic mass is 32.1. The number of nitrogens with one attached hydrogen (secondary N) is 1. The SMILES string of the molecule is O=C1CN(c2ncsn2)C(=O)N1. The summed E-state index contributed by atoms with van der Waals surface area (Å²) in [5, 5.41) is 2.13. The van der Waals surface area contributed by atoms with Gasteiger partial charge in [-0.2, -0.15) is 4.37 Å². The number of anilines is 1. The van der Waals surface area contributed by atoms with Crippen molar-refractivity contribution in [2.24, 2.45) is 0 Å². The van der Waals surface area contributed by atoms with Crippen LogP contribution < -0.4 is 10.2 Å². The van der Waals surface area contributed by atoms with Gasteiger partial charge in [0.1, 0.15) is 12.1 Å². The molecule has 0 spiro atoms. The quantitative estimate of drug-likeness (QED) is 0.602. The van der Waals surface area contributed by atoms with Crippen molar-refractivity contribution < 1.29 is 9.59 Å². The number of hydrogen-bond acceptors (Lipinski definition) is 5. The molecule has 1 aromatic rings. The molecule has 6 nitrogen and oxygen atoms in total. The van der Waals surface area contributed by atoms with E-state index in [9.17, 15) is 9.59 Å². The fourth-order valence-corrected chi connectivity index (χ4v) is 1.32. The van der Waals surface area contributed by atoms with Crippen LogP contribution in [0.25, 0.3) is 0 Å². The van der Waals surface area contributed by atoms with Gasteiger partial charge in [0, 0.05) is 0 Å². The predicted octanol–water partition coefficient (Wildman–Crippen LogP) is -0.406. The highest BCUT2D eigenvalue weighted by molar-refractivity contribution is 7.03. The van der Waals surface area contributed by atoms with Gasteiger partial charge in [-0.25, -0.2) is 9.78 Å². The van der Waals surface area contributed by atoms with Crippen molar-refractivity contribution in [2.45, 2.75) is 0 Å². The minimum absolute atomic E-state index is 0.00949. The van der Waals surface area contributed by atoms with Gasteiger partial charge in [0.15, 0.2) is 0 Å². The third-order valence-electron chi connectivity index (χ3n) is 1.38. The van der Waals surface area contributed by atoms with E-state index in [0.717, 1.165) is 11.5 Å². The lowest BCUT2D eigenvalue weighted by Crippen LogP contribution is -2.28. The van der Waals surface area contributed by atoms with Crippen LogP contribution in [0, 0.1) is 0 Å². The van der Waals surface area contributed by atoms with E-state index in [1.807, 2.05) is 0 Å². The summed E-state index contributed by atoms with van der Waals surface area (Å²) in [6, 6.07) is -0.460. The van der Waals surface area contributed by atoms with Gasteiger partial charge in [0.05, 0.1) is 0 Å². The molecule has 1 aliphatic rings. The first-order valence-electron chi connectivity index (χ1n) is 3.15. The van der Waals surface area contributed by atoms with Gasteiger partial charge in [0.25, 0.3) is 0 Å². The Morgan fingerprint density at radius 1 is 1.58 bits per heavy atom. The normalized spacial score (nSPS) is 16.8. The molecule has 1 aliphatic heterocycles. The monoisotopic (exact) mass is 184 g/mol. The number of imide groups is 1. The summed E-state index contributed by atoms with van der Waals surface area (Å²) in [7, 11) is 0. The molecule has 0 radical (unpaired) electrons. The fraction of sp³-hybridized carbons (Fsp3) is 0.200. The lowest BCUT2D eigenvalue weighted by Gasteiger charge is -2.05. The number of nitrogens with zero attached hydrogens (tertiary/aromatic N) is 3. The molecule has 0 aliphatic carbocycles. The van der Waals surface area contributed by atoms with Crippen LogP contribution in [0.2, 0.25) is 0 Å². The average molecular weight is 184 g/mol. The first-order valence-corrected chi connectivity index (χ1v) is 3.99. The molecule has 1 fully saturated rings. The summed E-state index contributed by atoms with van der Waals surface area (Å²) >= 11 is 1.14. The Hall–Kier alpha value is -1.50. The summed E-state index contributed by atoms with van der Waals surface area (Å²) in [5.74, 6) is -0.0434. The lowest BCUT2D eigenvalue weighted by atomic mass is 10.6.